The first kappa shape index (κ1) is 19.5. The predicted molar refractivity (Wildman–Crippen MR) is 109 cm³/mol. The monoisotopic (exact) mass is 456 g/mol. The number of nitrogens with zero attached hydrogens (tertiary/aromatic N) is 4. The summed E-state index contributed by atoms with van der Waals surface area (Å²) >= 11 is 0. The van der Waals surface area contributed by atoms with Gasteiger partial charge in [-0.25, -0.2) is 0 Å². The van der Waals surface area contributed by atoms with Crippen LogP contribution in [0.1, 0.15) is 30.1 Å². The molecule has 0 aliphatic carbocycles. The SMILES string of the molecule is CN=C(NCc1nnc(C)n1C)NC(C)C1COc2ccccc21.I. The molecule has 1 aromatic heterocycles. The number of hydrogen-bond acceptors (Lipinski definition) is 4. The van der Waals surface area contributed by atoms with E-state index in [4.69, 9.17) is 4.74 Å². The van der Waals surface area contributed by atoms with Crippen LogP contribution in [-0.4, -0.2) is 40.4 Å². The molecule has 0 bridgehead atoms. The molecule has 2 N–H and O–H groups in total. The standard InChI is InChI=1S/C17H24N6O.HI/c1-11(14-10-24-15-8-6-5-7-13(14)15)20-17(18-3)19-9-16-22-21-12(2)23(16)4;/h5-8,11,14H,9-10H2,1-4H3,(H2,18,19,20);1H. The number of halogens is 1. The van der Waals surface area contributed by atoms with Crippen LogP contribution in [0, 0.1) is 6.92 Å². The average molecular weight is 456 g/mol. The summed E-state index contributed by atoms with van der Waals surface area (Å²) < 4.78 is 7.74. The lowest BCUT2D eigenvalue weighted by atomic mass is 9.94. The molecule has 136 valence electrons. The minimum Gasteiger partial charge on any atom is -0.493 e. The molecule has 0 saturated heterocycles. The Labute approximate surface area is 165 Å². The minimum absolute atomic E-state index is 0. The molecule has 1 aliphatic rings. The molecular formula is C17H25IN6O. The molecule has 0 saturated carbocycles. The first-order valence-electron chi connectivity index (χ1n) is 8.14. The molecule has 2 aromatic rings. The highest BCUT2D eigenvalue weighted by atomic mass is 127. The number of aryl methyl sites for hydroxylation is 1. The Morgan fingerprint density at radius 2 is 2.16 bits per heavy atom. The summed E-state index contributed by atoms with van der Waals surface area (Å²) in [7, 11) is 3.72. The lowest BCUT2D eigenvalue weighted by Crippen LogP contribution is -2.44. The third-order valence-corrected chi connectivity index (χ3v) is 4.53. The van der Waals surface area contributed by atoms with Gasteiger partial charge >= 0.3 is 0 Å². The number of hydrogen-bond donors (Lipinski definition) is 2. The van der Waals surface area contributed by atoms with Crippen molar-refractivity contribution in [3.8, 4) is 5.75 Å². The molecule has 25 heavy (non-hydrogen) atoms. The van der Waals surface area contributed by atoms with Crippen LogP contribution in [0.2, 0.25) is 0 Å². The highest BCUT2D eigenvalue weighted by Gasteiger charge is 2.29. The van der Waals surface area contributed by atoms with Gasteiger partial charge in [0.15, 0.2) is 11.8 Å². The number of nitrogens with one attached hydrogen (secondary N) is 2. The first-order valence-corrected chi connectivity index (χ1v) is 8.14. The van der Waals surface area contributed by atoms with Crippen molar-refractivity contribution in [2.24, 2.45) is 12.0 Å². The van der Waals surface area contributed by atoms with E-state index in [0.717, 1.165) is 23.4 Å². The fourth-order valence-corrected chi connectivity index (χ4v) is 2.88. The number of benzene rings is 1. The summed E-state index contributed by atoms with van der Waals surface area (Å²) in [5.74, 6) is 3.79. The van der Waals surface area contributed by atoms with Crippen LogP contribution in [0.5, 0.6) is 5.75 Å². The maximum Gasteiger partial charge on any atom is 0.191 e. The van der Waals surface area contributed by atoms with Gasteiger partial charge in [0.05, 0.1) is 13.2 Å². The molecule has 3 rings (SSSR count). The number of ether oxygens (including phenoxy) is 1. The second-order valence-electron chi connectivity index (χ2n) is 6.04. The number of aliphatic imine (C=N–C) groups is 1. The Balaban J connectivity index is 0.00000225. The topological polar surface area (TPSA) is 76.4 Å². The Kier molecular flexibility index (Phi) is 6.63. The Morgan fingerprint density at radius 3 is 2.84 bits per heavy atom. The highest BCUT2D eigenvalue weighted by Crippen LogP contribution is 2.35. The van der Waals surface area contributed by atoms with Gasteiger partial charge in [0.2, 0.25) is 0 Å². The fourth-order valence-electron chi connectivity index (χ4n) is 2.88. The van der Waals surface area contributed by atoms with Gasteiger partial charge in [0.1, 0.15) is 11.6 Å². The zero-order valence-corrected chi connectivity index (χ0v) is 17.3. The van der Waals surface area contributed by atoms with Gasteiger partial charge in [-0.2, -0.15) is 0 Å². The molecule has 8 heteroatoms. The van der Waals surface area contributed by atoms with Crippen LogP contribution < -0.4 is 15.4 Å². The zero-order valence-electron chi connectivity index (χ0n) is 15.0. The van der Waals surface area contributed by atoms with Gasteiger partial charge in [0.25, 0.3) is 0 Å². The van der Waals surface area contributed by atoms with E-state index in [1.165, 1.54) is 5.56 Å². The molecule has 0 amide bonds. The average Bonchev–Trinajstić information content (AvgIpc) is 3.16. The van der Waals surface area contributed by atoms with Crippen molar-refractivity contribution in [1.82, 2.24) is 25.4 Å². The number of aromatic nitrogens is 3. The normalized spacial score (nSPS) is 17.3. The lowest BCUT2D eigenvalue weighted by molar-refractivity contribution is 0.312. The van der Waals surface area contributed by atoms with Crippen molar-refractivity contribution < 1.29 is 4.74 Å². The Hall–Kier alpha value is -1.84. The smallest absolute Gasteiger partial charge is 0.191 e. The maximum absolute atomic E-state index is 5.77. The van der Waals surface area contributed by atoms with E-state index in [9.17, 15) is 0 Å². The van der Waals surface area contributed by atoms with E-state index in [1.807, 2.05) is 30.7 Å². The summed E-state index contributed by atoms with van der Waals surface area (Å²) in [6, 6.07) is 8.40. The summed E-state index contributed by atoms with van der Waals surface area (Å²) in [6.45, 7) is 5.34. The number of rotatable bonds is 4. The van der Waals surface area contributed by atoms with Crippen molar-refractivity contribution in [2.75, 3.05) is 13.7 Å². The summed E-state index contributed by atoms with van der Waals surface area (Å²) in [6.07, 6.45) is 0. The summed E-state index contributed by atoms with van der Waals surface area (Å²) in [5.41, 5.74) is 1.25. The second-order valence-corrected chi connectivity index (χ2v) is 6.04. The third kappa shape index (κ3) is 4.23. The van der Waals surface area contributed by atoms with Gasteiger partial charge < -0.3 is 19.9 Å². The second kappa shape index (κ2) is 8.50. The zero-order chi connectivity index (χ0) is 17.1. The lowest BCUT2D eigenvalue weighted by Gasteiger charge is -2.22. The van der Waals surface area contributed by atoms with Crippen LogP contribution in [0.4, 0.5) is 0 Å². The maximum atomic E-state index is 5.77. The minimum atomic E-state index is 0. The van der Waals surface area contributed by atoms with Crippen LogP contribution in [-0.2, 0) is 13.6 Å². The first-order chi connectivity index (χ1) is 11.6. The molecule has 2 atom stereocenters. The van der Waals surface area contributed by atoms with Crippen LogP contribution >= 0.6 is 24.0 Å². The van der Waals surface area contributed by atoms with E-state index in [0.29, 0.717) is 19.1 Å². The molecule has 2 heterocycles. The van der Waals surface area contributed by atoms with Gasteiger partial charge in [-0.05, 0) is 19.9 Å². The number of fused-ring (bicyclic) bond motifs is 1. The molecule has 1 aromatic carbocycles. The van der Waals surface area contributed by atoms with Gasteiger partial charge in [0, 0.05) is 31.6 Å². The molecule has 0 spiro atoms. The third-order valence-electron chi connectivity index (χ3n) is 4.53. The van der Waals surface area contributed by atoms with Gasteiger partial charge in [-0.15, -0.1) is 34.2 Å². The van der Waals surface area contributed by atoms with Crippen molar-refractivity contribution in [2.45, 2.75) is 32.4 Å². The molecule has 0 radical (unpaired) electrons. The van der Waals surface area contributed by atoms with E-state index >= 15 is 0 Å². The Morgan fingerprint density at radius 1 is 1.40 bits per heavy atom. The van der Waals surface area contributed by atoms with E-state index in [1.54, 1.807) is 7.05 Å². The fraction of sp³-hybridized carbons (Fsp3) is 0.471. The van der Waals surface area contributed by atoms with Gasteiger partial charge in [-0.1, -0.05) is 18.2 Å². The molecule has 2 unspecified atom stereocenters. The highest BCUT2D eigenvalue weighted by molar-refractivity contribution is 14.0. The summed E-state index contributed by atoms with van der Waals surface area (Å²) in [4.78, 5) is 4.30. The quantitative estimate of drug-likeness (QED) is 0.418. The van der Waals surface area contributed by atoms with Crippen molar-refractivity contribution in [3.63, 3.8) is 0 Å². The van der Waals surface area contributed by atoms with E-state index in [-0.39, 0.29) is 30.0 Å². The van der Waals surface area contributed by atoms with E-state index in [2.05, 4.69) is 44.9 Å². The number of guanidine groups is 1. The van der Waals surface area contributed by atoms with Gasteiger partial charge in [-0.3, -0.25) is 4.99 Å². The molecule has 0 fully saturated rings. The molecule has 7 nitrogen and oxygen atoms in total. The molecular weight excluding hydrogens is 431 g/mol. The van der Waals surface area contributed by atoms with Crippen molar-refractivity contribution >= 4 is 29.9 Å². The molecule has 1 aliphatic heterocycles. The number of para-hydroxylation sites is 1. The van der Waals surface area contributed by atoms with Crippen molar-refractivity contribution in [3.05, 3.63) is 41.5 Å². The predicted octanol–water partition coefficient (Wildman–Crippen LogP) is 1.97. The van der Waals surface area contributed by atoms with Crippen molar-refractivity contribution in [1.29, 1.82) is 0 Å². The largest absolute Gasteiger partial charge is 0.493 e. The summed E-state index contributed by atoms with van der Waals surface area (Å²) in [5, 5.41) is 15.0. The van der Waals surface area contributed by atoms with Crippen LogP contribution in [0.25, 0.3) is 0 Å². The van der Waals surface area contributed by atoms with Crippen LogP contribution in [0.3, 0.4) is 0 Å². The van der Waals surface area contributed by atoms with Crippen LogP contribution in [0.15, 0.2) is 29.3 Å². The van der Waals surface area contributed by atoms with E-state index < -0.39 is 0 Å². The Bertz CT molecular complexity index is 744.